The number of carboxylic acids is 1. The number of rotatable bonds is 3. The van der Waals surface area contributed by atoms with E-state index in [1.165, 1.54) is 70.3 Å². The first-order valence-corrected chi connectivity index (χ1v) is 11.0. The Labute approximate surface area is 158 Å². The Morgan fingerprint density at radius 2 is 1.81 bits per heavy atom. The number of hydrogen-bond donors (Lipinski definition) is 2. The Balaban J connectivity index is 1.55. The van der Waals surface area contributed by atoms with Crippen molar-refractivity contribution in [1.82, 2.24) is 0 Å². The highest BCUT2D eigenvalue weighted by Gasteiger charge is 2.62. The topological polar surface area (TPSA) is 63.3 Å². The van der Waals surface area contributed by atoms with Crippen LogP contribution in [-0.4, -0.2) is 16.6 Å². The van der Waals surface area contributed by atoms with Crippen LogP contribution in [0.3, 0.4) is 0 Å². The zero-order chi connectivity index (χ0) is 18.6. The van der Waals surface area contributed by atoms with Gasteiger partial charge >= 0.3 is 5.97 Å². The number of carbonyl (C=O) groups is 1. The van der Waals surface area contributed by atoms with E-state index in [9.17, 15) is 4.79 Å². The Bertz CT molecular complexity index is 601. The smallest absolute Gasteiger partial charge is 0.327 e. The summed E-state index contributed by atoms with van der Waals surface area (Å²) in [7, 11) is 0. The average Bonchev–Trinajstić information content (AvgIpc) is 2.92. The van der Waals surface area contributed by atoms with E-state index in [0.29, 0.717) is 16.7 Å². The molecule has 7 unspecified atom stereocenters. The molecule has 4 fully saturated rings. The molecule has 3 nitrogen and oxygen atoms in total. The molecule has 0 radical (unpaired) electrons. The number of aliphatic carboxylic acids is 1. The zero-order valence-electron chi connectivity index (χ0n) is 16.7. The number of carboxylic acid groups (broad SMARTS) is 1. The van der Waals surface area contributed by atoms with Crippen LogP contribution in [0.4, 0.5) is 0 Å². The Hall–Kier alpha value is -0.830. The third-order valence-corrected chi connectivity index (χ3v) is 9.76. The van der Waals surface area contributed by atoms with Gasteiger partial charge in [-0.05, 0) is 92.3 Å². The normalized spacial score (nSPS) is 50.9. The van der Waals surface area contributed by atoms with E-state index in [2.05, 4.69) is 13.8 Å². The third kappa shape index (κ3) is 2.60. The minimum absolute atomic E-state index is 0.0857. The van der Waals surface area contributed by atoms with Crippen molar-refractivity contribution >= 4 is 5.97 Å². The van der Waals surface area contributed by atoms with E-state index < -0.39 is 5.97 Å². The van der Waals surface area contributed by atoms with Gasteiger partial charge in [0.25, 0.3) is 0 Å². The van der Waals surface area contributed by atoms with Crippen LogP contribution >= 0.6 is 0 Å². The van der Waals surface area contributed by atoms with Gasteiger partial charge in [-0.2, -0.15) is 0 Å². The second-order valence-corrected chi connectivity index (χ2v) is 10.5. The maximum atomic E-state index is 10.8. The van der Waals surface area contributed by atoms with Gasteiger partial charge in [-0.3, -0.25) is 0 Å². The van der Waals surface area contributed by atoms with Crippen LogP contribution in [0.5, 0.6) is 0 Å². The summed E-state index contributed by atoms with van der Waals surface area (Å²) >= 11 is 0. The van der Waals surface area contributed by atoms with Crippen molar-refractivity contribution in [2.45, 2.75) is 90.0 Å². The van der Waals surface area contributed by atoms with Crippen molar-refractivity contribution in [2.75, 3.05) is 0 Å². The molecule has 0 aliphatic heterocycles. The number of hydrogen-bond acceptors (Lipinski definition) is 2. The third-order valence-electron chi connectivity index (χ3n) is 9.76. The van der Waals surface area contributed by atoms with Gasteiger partial charge in [0.2, 0.25) is 0 Å². The van der Waals surface area contributed by atoms with E-state index >= 15 is 0 Å². The Morgan fingerprint density at radius 3 is 2.58 bits per heavy atom. The van der Waals surface area contributed by atoms with Crippen LogP contribution in [0.1, 0.15) is 84.5 Å². The lowest BCUT2D eigenvalue weighted by Gasteiger charge is -2.64. The lowest BCUT2D eigenvalue weighted by molar-refractivity contribution is -0.131. The number of nitrogens with two attached hydrogens (primary N) is 1. The molecule has 146 valence electrons. The van der Waals surface area contributed by atoms with Gasteiger partial charge in [-0.15, -0.1) is 0 Å². The maximum absolute atomic E-state index is 10.8. The van der Waals surface area contributed by atoms with Crippen LogP contribution in [-0.2, 0) is 4.79 Å². The first-order valence-electron chi connectivity index (χ1n) is 11.0. The summed E-state index contributed by atoms with van der Waals surface area (Å²) in [5.74, 6) is 2.33. The molecule has 4 rings (SSSR count). The van der Waals surface area contributed by atoms with E-state index in [1.54, 1.807) is 0 Å². The summed E-state index contributed by atoms with van der Waals surface area (Å²) < 4.78 is 0. The molecular formula is C23H37NO2. The van der Waals surface area contributed by atoms with Crippen LogP contribution in [0, 0.1) is 34.5 Å². The van der Waals surface area contributed by atoms with Crippen LogP contribution in [0.25, 0.3) is 0 Å². The summed E-state index contributed by atoms with van der Waals surface area (Å²) in [5.41, 5.74) is 7.87. The first-order chi connectivity index (χ1) is 12.3. The van der Waals surface area contributed by atoms with E-state index in [-0.39, 0.29) is 5.54 Å². The van der Waals surface area contributed by atoms with Crippen LogP contribution in [0.2, 0.25) is 0 Å². The average molecular weight is 360 g/mol. The van der Waals surface area contributed by atoms with Crippen LogP contribution in [0.15, 0.2) is 12.2 Å². The largest absolute Gasteiger partial charge is 0.478 e. The maximum Gasteiger partial charge on any atom is 0.327 e. The predicted octanol–water partition coefficient (Wildman–Crippen LogP) is 5.15. The van der Waals surface area contributed by atoms with Crippen molar-refractivity contribution in [3.8, 4) is 0 Å². The van der Waals surface area contributed by atoms with Gasteiger partial charge in [0.1, 0.15) is 0 Å². The minimum Gasteiger partial charge on any atom is -0.478 e. The Kier molecular flexibility index (Phi) is 4.53. The minimum atomic E-state index is -0.815. The van der Waals surface area contributed by atoms with Crippen molar-refractivity contribution < 1.29 is 9.90 Å². The number of allylic oxidation sites excluding steroid dienone is 1. The van der Waals surface area contributed by atoms with E-state index in [0.717, 1.165) is 24.2 Å². The van der Waals surface area contributed by atoms with Gasteiger partial charge in [-0.25, -0.2) is 4.79 Å². The molecule has 0 aromatic heterocycles. The van der Waals surface area contributed by atoms with Gasteiger partial charge < -0.3 is 10.8 Å². The summed E-state index contributed by atoms with van der Waals surface area (Å²) in [4.78, 5) is 10.8. The van der Waals surface area contributed by atoms with E-state index in [4.69, 9.17) is 10.8 Å². The molecule has 0 aromatic rings. The fraction of sp³-hybridized carbons (Fsp3) is 0.870. The monoisotopic (exact) mass is 359 g/mol. The second kappa shape index (κ2) is 6.36. The highest BCUT2D eigenvalue weighted by molar-refractivity contribution is 5.79. The zero-order valence-corrected chi connectivity index (χ0v) is 16.7. The van der Waals surface area contributed by atoms with Gasteiger partial charge in [0.15, 0.2) is 0 Å². The highest BCUT2D eigenvalue weighted by atomic mass is 16.4. The van der Waals surface area contributed by atoms with Gasteiger partial charge in [-0.1, -0.05) is 32.8 Å². The molecule has 0 saturated heterocycles. The molecule has 0 aromatic carbocycles. The fourth-order valence-corrected chi connectivity index (χ4v) is 8.17. The summed E-state index contributed by atoms with van der Waals surface area (Å²) in [5, 5.41) is 8.90. The van der Waals surface area contributed by atoms with Crippen molar-refractivity contribution in [2.24, 2.45) is 40.2 Å². The van der Waals surface area contributed by atoms with Crippen molar-refractivity contribution in [1.29, 1.82) is 0 Å². The quantitative estimate of drug-likeness (QED) is 0.685. The molecule has 4 saturated carbocycles. The van der Waals surface area contributed by atoms with E-state index in [1.807, 2.05) is 6.08 Å². The van der Waals surface area contributed by atoms with Gasteiger partial charge in [0.05, 0.1) is 0 Å². The highest BCUT2D eigenvalue weighted by Crippen LogP contribution is 2.68. The van der Waals surface area contributed by atoms with Crippen molar-refractivity contribution in [3.63, 3.8) is 0 Å². The molecule has 0 spiro atoms. The predicted molar refractivity (Wildman–Crippen MR) is 105 cm³/mol. The summed E-state index contributed by atoms with van der Waals surface area (Å²) in [6.45, 7) is 5.06. The molecule has 26 heavy (non-hydrogen) atoms. The Morgan fingerprint density at radius 1 is 1.04 bits per heavy atom. The molecule has 7 atom stereocenters. The molecule has 0 heterocycles. The first kappa shape index (κ1) is 18.5. The summed E-state index contributed by atoms with van der Waals surface area (Å²) in [6, 6.07) is 0. The number of fused-ring (bicyclic) bond motifs is 5. The fourth-order valence-electron chi connectivity index (χ4n) is 8.17. The molecule has 4 aliphatic carbocycles. The lowest BCUT2D eigenvalue weighted by atomic mass is 9.42. The second-order valence-electron chi connectivity index (χ2n) is 10.5. The molecule has 0 bridgehead atoms. The molecule has 4 aliphatic rings. The van der Waals surface area contributed by atoms with Gasteiger partial charge in [0, 0.05) is 11.6 Å². The summed E-state index contributed by atoms with van der Waals surface area (Å²) in [6.07, 6.45) is 17.3. The molecule has 3 N–H and O–H groups in total. The molecule has 3 heteroatoms. The van der Waals surface area contributed by atoms with Crippen molar-refractivity contribution in [3.05, 3.63) is 12.2 Å². The molecular weight excluding hydrogens is 322 g/mol. The van der Waals surface area contributed by atoms with Crippen LogP contribution < -0.4 is 5.73 Å². The molecule has 0 amide bonds. The lowest BCUT2D eigenvalue weighted by Crippen LogP contribution is -2.65. The SMILES string of the molecule is CC12CCC3C(CCC4(N)CCCCC34C)C1CCC2C/C=C/C(=O)O. The standard InChI is InChI=1S/C23H37NO2/c1-21-14-11-19-17(10-15-23(24)13-4-3-12-22(19,23)2)18(21)9-8-16(21)6-5-7-20(25)26/h5,7,16-19H,3-4,6,8-15,24H2,1-2H3,(H,25,26)/b7-5+.